The maximum atomic E-state index is 12.8. The van der Waals surface area contributed by atoms with Crippen LogP contribution in [0.25, 0.3) is 0 Å². The first kappa shape index (κ1) is 18.7. The lowest BCUT2D eigenvalue weighted by molar-refractivity contribution is -0.132. The molecule has 2 aromatic rings. The number of carbonyl (C=O) groups is 2. The molecule has 4 rings (SSSR count). The van der Waals surface area contributed by atoms with Crippen molar-refractivity contribution in [2.24, 2.45) is 5.92 Å². The van der Waals surface area contributed by atoms with Gasteiger partial charge < -0.3 is 14.8 Å². The van der Waals surface area contributed by atoms with E-state index in [9.17, 15) is 9.59 Å². The third-order valence-electron chi connectivity index (χ3n) is 5.44. The van der Waals surface area contributed by atoms with Crippen LogP contribution in [0, 0.1) is 5.92 Å². The highest BCUT2D eigenvalue weighted by Crippen LogP contribution is 2.30. The third kappa shape index (κ3) is 3.79. The molecule has 1 aromatic carbocycles. The SMILES string of the molecule is CC(C)c1nnc2n1[C@@H](C)CN(C(=O)Cc1ccc(NC(=O)C3CC3)cc1)C2. The van der Waals surface area contributed by atoms with E-state index in [1.165, 1.54) is 0 Å². The summed E-state index contributed by atoms with van der Waals surface area (Å²) < 4.78 is 2.17. The number of hydrogen-bond donors (Lipinski definition) is 1. The van der Waals surface area contributed by atoms with E-state index in [0.717, 1.165) is 35.7 Å². The van der Waals surface area contributed by atoms with Crippen molar-refractivity contribution in [3.63, 3.8) is 0 Å². The second-order valence-corrected chi connectivity index (χ2v) is 8.26. The van der Waals surface area contributed by atoms with Gasteiger partial charge in [-0.1, -0.05) is 26.0 Å². The second kappa shape index (κ2) is 7.37. The van der Waals surface area contributed by atoms with Crippen LogP contribution in [0.3, 0.4) is 0 Å². The van der Waals surface area contributed by atoms with E-state index in [-0.39, 0.29) is 23.8 Å². The molecule has 0 saturated heterocycles. The number of benzene rings is 1. The molecular weight excluding hydrogens is 354 g/mol. The van der Waals surface area contributed by atoms with Gasteiger partial charge in [0, 0.05) is 24.1 Å². The van der Waals surface area contributed by atoms with Gasteiger partial charge in [0.05, 0.1) is 19.0 Å². The molecule has 28 heavy (non-hydrogen) atoms. The Morgan fingerprint density at radius 2 is 1.89 bits per heavy atom. The molecule has 0 bridgehead atoms. The number of nitrogens with zero attached hydrogens (tertiary/aromatic N) is 4. The van der Waals surface area contributed by atoms with Crippen LogP contribution in [0.5, 0.6) is 0 Å². The lowest BCUT2D eigenvalue weighted by atomic mass is 10.1. The van der Waals surface area contributed by atoms with Gasteiger partial charge in [-0.25, -0.2) is 0 Å². The molecule has 148 valence electrons. The molecule has 0 unspecified atom stereocenters. The largest absolute Gasteiger partial charge is 0.333 e. The highest BCUT2D eigenvalue weighted by molar-refractivity contribution is 5.94. The van der Waals surface area contributed by atoms with Gasteiger partial charge >= 0.3 is 0 Å². The predicted octanol–water partition coefficient (Wildman–Crippen LogP) is 2.90. The van der Waals surface area contributed by atoms with Gasteiger partial charge in [-0.3, -0.25) is 9.59 Å². The smallest absolute Gasteiger partial charge is 0.227 e. The van der Waals surface area contributed by atoms with Gasteiger partial charge in [-0.2, -0.15) is 0 Å². The second-order valence-electron chi connectivity index (χ2n) is 8.26. The van der Waals surface area contributed by atoms with Gasteiger partial charge in [-0.15, -0.1) is 10.2 Å². The number of anilines is 1. The summed E-state index contributed by atoms with van der Waals surface area (Å²) in [5.74, 6) is 2.51. The van der Waals surface area contributed by atoms with Crippen molar-refractivity contribution < 1.29 is 9.59 Å². The minimum atomic E-state index is 0.0852. The van der Waals surface area contributed by atoms with E-state index in [1.54, 1.807) is 0 Å². The van der Waals surface area contributed by atoms with Crippen molar-refractivity contribution in [3.05, 3.63) is 41.5 Å². The third-order valence-corrected chi connectivity index (χ3v) is 5.44. The van der Waals surface area contributed by atoms with Crippen molar-refractivity contribution in [2.45, 2.75) is 58.5 Å². The summed E-state index contributed by atoms with van der Waals surface area (Å²) in [5, 5.41) is 11.5. The molecule has 0 spiro atoms. The predicted molar refractivity (Wildman–Crippen MR) is 106 cm³/mol. The fourth-order valence-corrected chi connectivity index (χ4v) is 3.73. The molecule has 2 heterocycles. The lowest BCUT2D eigenvalue weighted by Gasteiger charge is -2.33. The fraction of sp³-hybridized carbons (Fsp3) is 0.524. The summed E-state index contributed by atoms with van der Waals surface area (Å²) in [7, 11) is 0. The van der Waals surface area contributed by atoms with Crippen LogP contribution in [-0.2, 0) is 22.6 Å². The van der Waals surface area contributed by atoms with Crippen LogP contribution >= 0.6 is 0 Å². The number of aromatic nitrogens is 3. The molecule has 2 aliphatic rings. The van der Waals surface area contributed by atoms with Gasteiger partial charge in [0.25, 0.3) is 0 Å². The Bertz CT molecular complexity index is 883. The zero-order chi connectivity index (χ0) is 19.8. The van der Waals surface area contributed by atoms with Crippen LogP contribution in [0.4, 0.5) is 5.69 Å². The topological polar surface area (TPSA) is 80.1 Å². The highest BCUT2D eigenvalue weighted by atomic mass is 16.2. The molecule has 1 N–H and O–H groups in total. The molecule has 1 aliphatic carbocycles. The van der Waals surface area contributed by atoms with Gasteiger partial charge in [0.1, 0.15) is 5.82 Å². The molecule has 7 heteroatoms. The van der Waals surface area contributed by atoms with E-state index in [2.05, 4.69) is 40.9 Å². The van der Waals surface area contributed by atoms with Crippen molar-refractivity contribution in [3.8, 4) is 0 Å². The number of nitrogens with one attached hydrogen (secondary N) is 1. The molecule has 1 saturated carbocycles. The monoisotopic (exact) mass is 381 g/mol. The summed E-state index contributed by atoms with van der Waals surface area (Å²) >= 11 is 0. The molecular formula is C21H27N5O2. The van der Waals surface area contributed by atoms with E-state index in [0.29, 0.717) is 25.4 Å². The summed E-state index contributed by atoms with van der Waals surface area (Å²) in [5.41, 5.74) is 1.73. The standard InChI is InChI=1S/C21H27N5O2/c1-13(2)20-24-23-18-12-25(11-14(3)26(18)20)19(27)10-15-4-8-17(9-5-15)22-21(28)16-6-7-16/h4-5,8-9,13-14,16H,6-7,10-12H2,1-3H3,(H,22,28)/t14-/m0/s1. The summed E-state index contributed by atoms with van der Waals surface area (Å²) in [4.78, 5) is 26.5. The molecule has 1 fully saturated rings. The first-order valence-corrected chi connectivity index (χ1v) is 10.0. The summed E-state index contributed by atoms with van der Waals surface area (Å²) in [6, 6.07) is 7.72. The first-order chi connectivity index (χ1) is 13.4. The Labute approximate surface area is 165 Å². The van der Waals surface area contributed by atoms with Crippen LogP contribution in [-0.4, -0.2) is 38.0 Å². The van der Waals surface area contributed by atoms with Crippen LogP contribution in [0.15, 0.2) is 24.3 Å². The normalized spacial score (nSPS) is 18.9. The minimum Gasteiger partial charge on any atom is -0.333 e. The average Bonchev–Trinajstić information content (AvgIpc) is 3.42. The number of amides is 2. The average molecular weight is 381 g/mol. The number of rotatable bonds is 5. The number of carbonyl (C=O) groups excluding carboxylic acids is 2. The highest BCUT2D eigenvalue weighted by Gasteiger charge is 2.30. The van der Waals surface area contributed by atoms with Crippen LogP contribution < -0.4 is 5.32 Å². The molecule has 0 radical (unpaired) electrons. The van der Waals surface area contributed by atoms with E-state index >= 15 is 0 Å². The van der Waals surface area contributed by atoms with Crippen LogP contribution in [0.2, 0.25) is 0 Å². The lowest BCUT2D eigenvalue weighted by Crippen LogP contribution is -2.41. The number of hydrogen-bond acceptors (Lipinski definition) is 4. The summed E-state index contributed by atoms with van der Waals surface area (Å²) in [6.45, 7) is 7.49. The zero-order valence-corrected chi connectivity index (χ0v) is 16.7. The molecule has 7 nitrogen and oxygen atoms in total. The molecule has 1 aromatic heterocycles. The maximum absolute atomic E-state index is 12.8. The molecule has 1 aliphatic heterocycles. The Balaban J connectivity index is 1.39. The van der Waals surface area contributed by atoms with E-state index in [1.807, 2.05) is 29.2 Å². The Morgan fingerprint density at radius 1 is 1.18 bits per heavy atom. The first-order valence-electron chi connectivity index (χ1n) is 10.0. The van der Waals surface area contributed by atoms with Crippen LogP contribution in [0.1, 0.15) is 62.8 Å². The van der Waals surface area contributed by atoms with Crippen molar-refractivity contribution >= 4 is 17.5 Å². The van der Waals surface area contributed by atoms with Gasteiger partial charge in [0.2, 0.25) is 11.8 Å². The fourth-order valence-electron chi connectivity index (χ4n) is 3.73. The van der Waals surface area contributed by atoms with Gasteiger partial charge in [-0.05, 0) is 37.5 Å². The van der Waals surface area contributed by atoms with E-state index < -0.39 is 0 Å². The Hall–Kier alpha value is -2.70. The zero-order valence-electron chi connectivity index (χ0n) is 16.7. The van der Waals surface area contributed by atoms with Crippen molar-refractivity contribution in [1.29, 1.82) is 0 Å². The van der Waals surface area contributed by atoms with Crippen molar-refractivity contribution in [2.75, 3.05) is 11.9 Å². The van der Waals surface area contributed by atoms with Gasteiger partial charge in [0.15, 0.2) is 5.82 Å². The quantitative estimate of drug-likeness (QED) is 0.864. The van der Waals surface area contributed by atoms with Crippen molar-refractivity contribution in [1.82, 2.24) is 19.7 Å². The molecule has 1 atom stereocenters. The Morgan fingerprint density at radius 3 is 2.54 bits per heavy atom. The number of fused-ring (bicyclic) bond motifs is 1. The minimum absolute atomic E-state index is 0.0852. The Kier molecular flexibility index (Phi) is 4.91. The summed E-state index contributed by atoms with van der Waals surface area (Å²) in [6.07, 6.45) is 2.31. The maximum Gasteiger partial charge on any atom is 0.227 e. The molecule has 2 amide bonds. The van der Waals surface area contributed by atoms with E-state index in [4.69, 9.17) is 0 Å².